The van der Waals surface area contributed by atoms with Crippen molar-refractivity contribution in [3.8, 4) is 5.75 Å². The summed E-state index contributed by atoms with van der Waals surface area (Å²) in [6, 6.07) is 15.2. The lowest BCUT2D eigenvalue weighted by atomic mass is 9.93. The van der Waals surface area contributed by atoms with E-state index in [4.69, 9.17) is 16.3 Å². The highest BCUT2D eigenvalue weighted by Crippen LogP contribution is 2.33. The first-order chi connectivity index (χ1) is 17.3. The number of sulfonamides is 1. The van der Waals surface area contributed by atoms with E-state index in [0.717, 1.165) is 32.3 Å². The van der Waals surface area contributed by atoms with Gasteiger partial charge in [0.2, 0.25) is 5.91 Å². The van der Waals surface area contributed by atoms with Crippen LogP contribution in [0.25, 0.3) is 0 Å². The number of benzene rings is 3. The average molecular weight is 543 g/mol. The Morgan fingerprint density at radius 2 is 1.59 bits per heavy atom. The molecular formula is C29H35ClN2O4S. The lowest BCUT2D eigenvalue weighted by molar-refractivity contribution is -0.120. The molecule has 3 aromatic carbocycles. The van der Waals surface area contributed by atoms with Gasteiger partial charge in [0.25, 0.3) is 10.0 Å². The third-order valence-corrected chi connectivity index (χ3v) is 8.43. The Labute approximate surface area is 225 Å². The van der Waals surface area contributed by atoms with Crippen molar-refractivity contribution in [2.75, 3.05) is 18.0 Å². The van der Waals surface area contributed by atoms with Crippen molar-refractivity contribution in [2.24, 2.45) is 0 Å². The first-order valence-corrected chi connectivity index (χ1v) is 14.0. The Balaban J connectivity index is 1.96. The van der Waals surface area contributed by atoms with Crippen molar-refractivity contribution < 1.29 is 17.9 Å². The summed E-state index contributed by atoms with van der Waals surface area (Å²) in [6.07, 6.45) is 0. The number of aryl methyl sites for hydroxylation is 3. The van der Waals surface area contributed by atoms with Crippen molar-refractivity contribution in [1.82, 2.24) is 5.32 Å². The fourth-order valence-corrected chi connectivity index (χ4v) is 5.94. The minimum absolute atomic E-state index is 0.103. The number of amides is 1. The largest absolute Gasteiger partial charge is 0.496 e. The second-order valence-corrected chi connectivity index (χ2v) is 11.9. The number of nitrogens with zero attached hydrogens (tertiary/aromatic N) is 1. The van der Waals surface area contributed by atoms with Crippen LogP contribution in [0.2, 0.25) is 5.02 Å². The van der Waals surface area contributed by atoms with E-state index < -0.39 is 22.5 Å². The fraction of sp³-hybridized carbons (Fsp3) is 0.345. The van der Waals surface area contributed by atoms with Crippen LogP contribution in [-0.2, 0) is 14.8 Å². The molecule has 8 heteroatoms. The van der Waals surface area contributed by atoms with Crippen LogP contribution in [0.5, 0.6) is 5.75 Å². The number of hydrogen-bond acceptors (Lipinski definition) is 4. The van der Waals surface area contributed by atoms with Crippen LogP contribution >= 0.6 is 11.6 Å². The Hall–Kier alpha value is -3.03. The Bertz CT molecular complexity index is 1390. The van der Waals surface area contributed by atoms with E-state index in [1.54, 1.807) is 56.5 Å². The van der Waals surface area contributed by atoms with Crippen LogP contribution in [-0.4, -0.2) is 28.0 Å². The normalized spacial score (nSPS) is 12.4. The summed E-state index contributed by atoms with van der Waals surface area (Å²) in [5, 5.41) is 3.37. The van der Waals surface area contributed by atoms with Gasteiger partial charge in [0, 0.05) is 5.02 Å². The summed E-state index contributed by atoms with van der Waals surface area (Å²) in [5.41, 5.74) is 4.95. The van der Waals surface area contributed by atoms with Gasteiger partial charge >= 0.3 is 0 Å². The number of ether oxygens (including phenoxy) is 1. The van der Waals surface area contributed by atoms with Crippen molar-refractivity contribution in [1.29, 1.82) is 0 Å². The minimum Gasteiger partial charge on any atom is -0.496 e. The van der Waals surface area contributed by atoms with Crippen LogP contribution in [0.1, 0.15) is 60.5 Å². The molecule has 0 spiro atoms. The highest BCUT2D eigenvalue weighted by Gasteiger charge is 2.29. The lowest BCUT2D eigenvalue weighted by Crippen LogP contribution is -2.42. The number of halogens is 1. The first kappa shape index (κ1) is 28.5. The maximum Gasteiger partial charge on any atom is 0.264 e. The van der Waals surface area contributed by atoms with Crippen LogP contribution in [0.15, 0.2) is 59.5 Å². The van der Waals surface area contributed by atoms with Crippen molar-refractivity contribution in [3.63, 3.8) is 0 Å². The van der Waals surface area contributed by atoms with E-state index in [2.05, 4.69) is 19.2 Å². The predicted octanol–water partition coefficient (Wildman–Crippen LogP) is 6.47. The second-order valence-electron chi connectivity index (χ2n) is 9.65. The molecule has 198 valence electrons. The molecule has 6 nitrogen and oxygen atoms in total. The van der Waals surface area contributed by atoms with Gasteiger partial charge in [-0.3, -0.25) is 9.10 Å². The molecule has 0 aliphatic carbocycles. The Kier molecular flexibility index (Phi) is 8.92. The maximum atomic E-state index is 13.7. The van der Waals surface area contributed by atoms with E-state index in [-0.39, 0.29) is 16.9 Å². The summed E-state index contributed by atoms with van der Waals surface area (Å²) in [7, 11) is -2.40. The molecule has 0 aliphatic heterocycles. The zero-order valence-electron chi connectivity index (χ0n) is 22.4. The molecule has 0 aromatic heterocycles. The van der Waals surface area contributed by atoms with Crippen LogP contribution < -0.4 is 14.4 Å². The third-order valence-electron chi connectivity index (χ3n) is 6.42. The number of anilines is 1. The van der Waals surface area contributed by atoms with Gasteiger partial charge in [-0.15, -0.1) is 0 Å². The van der Waals surface area contributed by atoms with Crippen LogP contribution in [0.3, 0.4) is 0 Å². The number of carbonyl (C=O) groups excluding carboxylic acids is 1. The molecule has 0 aliphatic rings. The van der Waals surface area contributed by atoms with Crippen molar-refractivity contribution in [3.05, 3.63) is 87.4 Å². The molecule has 0 heterocycles. The molecule has 0 saturated carbocycles. The monoisotopic (exact) mass is 542 g/mol. The number of methoxy groups -OCH3 is 1. The molecule has 0 bridgehead atoms. The molecule has 1 N–H and O–H groups in total. The van der Waals surface area contributed by atoms with Gasteiger partial charge in [-0.2, -0.15) is 0 Å². The van der Waals surface area contributed by atoms with Gasteiger partial charge in [-0.05, 0) is 92.3 Å². The molecule has 0 radical (unpaired) electrons. The fourth-order valence-electron chi connectivity index (χ4n) is 4.29. The van der Waals surface area contributed by atoms with Crippen molar-refractivity contribution >= 4 is 33.2 Å². The molecule has 37 heavy (non-hydrogen) atoms. The standard InChI is InChI=1S/C29H35ClN2O4S/c1-18(2)25-16-26(21(5)14-28(25)36-7)22(6)31-29(33)17-32(27-15-23(30)11-10-20(27)4)37(34,35)24-12-8-19(3)9-13-24/h8-16,18,22H,17H2,1-7H3,(H,31,33). The molecule has 1 atom stereocenters. The maximum absolute atomic E-state index is 13.7. The van der Waals surface area contributed by atoms with Crippen LogP contribution in [0, 0.1) is 20.8 Å². The zero-order valence-corrected chi connectivity index (χ0v) is 24.0. The minimum atomic E-state index is -4.04. The van der Waals surface area contributed by atoms with E-state index in [9.17, 15) is 13.2 Å². The highest BCUT2D eigenvalue weighted by molar-refractivity contribution is 7.92. The van der Waals surface area contributed by atoms with Gasteiger partial charge in [-0.25, -0.2) is 8.42 Å². The first-order valence-electron chi connectivity index (χ1n) is 12.2. The summed E-state index contributed by atoms with van der Waals surface area (Å²) in [5.74, 6) is 0.614. The predicted molar refractivity (Wildman–Crippen MR) is 150 cm³/mol. The Morgan fingerprint density at radius 3 is 2.19 bits per heavy atom. The summed E-state index contributed by atoms with van der Waals surface area (Å²) in [6.45, 7) is 11.3. The molecule has 0 saturated heterocycles. The van der Waals surface area contributed by atoms with Gasteiger partial charge in [-0.1, -0.05) is 49.2 Å². The molecular weight excluding hydrogens is 508 g/mol. The van der Waals surface area contributed by atoms with E-state index in [1.165, 1.54) is 0 Å². The van der Waals surface area contributed by atoms with E-state index in [1.807, 2.05) is 32.9 Å². The van der Waals surface area contributed by atoms with Gasteiger partial charge in [0.15, 0.2) is 0 Å². The van der Waals surface area contributed by atoms with Crippen LogP contribution in [0.4, 0.5) is 5.69 Å². The molecule has 0 fully saturated rings. The molecule has 3 aromatic rings. The lowest BCUT2D eigenvalue weighted by Gasteiger charge is -2.27. The number of rotatable bonds is 9. The van der Waals surface area contributed by atoms with E-state index >= 15 is 0 Å². The summed E-state index contributed by atoms with van der Waals surface area (Å²) < 4.78 is 34.1. The van der Waals surface area contributed by atoms with Gasteiger partial charge in [0.1, 0.15) is 12.3 Å². The van der Waals surface area contributed by atoms with Gasteiger partial charge < -0.3 is 10.1 Å². The SMILES string of the molecule is COc1cc(C)c(C(C)NC(=O)CN(c2cc(Cl)ccc2C)S(=O)(=O)c2ccc(C)cc2)cc1C(C)C. The average Bonchev–Trinajstić information content (AvgIpc) is 2.83. The van der Waals surface area contributed by atoms with Crippen molar-refractivity contribution in [2.45, 2.75) is 58.4 Å². The third kappa shape index (κ3) is 6.46. The Morgan fingerprint density at radius 1 is 0.946 bits per heavy atom. The number of nitrogens with one attached hydrogen (secondary N) is 1. The van der Waals surface area contributed by atoms with Gasteiger partial charge in [0.05, 0.1) is 23.7 Å². The summed E-state index contributed by atoms with van der Waals surface area (Å²) in [4.78, 5) is 13.4. The number of carbonyl (C=O) groups is 1. The molecule has 1 amide bonds. The highest BCUT2D eigenvalue weighted by atomic mass is 35.5. The zero-order chi connectivity index (χ0) is 27.5. The van der Waals surface area contributed by atoms with E-state index in [0.29, 0.717) is 16.3 Å². The molecule has 1 unspecified atom stereocenters. The quantitative estimate of drug-likeness (QED) is 0.336. The molecule has 3 rings (SSSR count). The summed E-state index contributed by atoms with van der Waals surface area (Å²) >= 11 is 6.23. The number of hydrogen-bond donors (Lipinski definition) is 1. The topological polar surface area (TPSA) is 75.7 Å². The second kappa shape index (κ2) is 11.6. The smallest absolute Gasteiger partial charge is 0.264 e.